The van der Waals surface area contributed by atoms with Crippen molar-refractivity contribution in [3.63, 3.8) is 0 Å². The van der Waals surface area contributed by atoms with Crippen LogP contribution in [0.4, 0.5) is 38.5 Å². The summed E-state index contributed by atoms with van der Waals surface area (Å²) in [6, 6.07) is 39.7. The molecule has 0 bridgehead atoms. The number of methoxy groups -OCH3 is 6. The molecule has 0 atom stereocenters. The Kier molecular flexibility index (Phi) is 50.0. The van der Waals surface area contributed by atoms with Gasteiger partial charge in [0, 0.05) is 46.0 Å². The van der Waals surface area contributed by atoms with Gasteiger partial charge in [0.15, 0.2) is 5.69 Å². The number of nitrogen functional groups attached to an aromatic ring is 1. The first-order valence-corrected chi connectivity index (χ1v) is 33.5. The molecule has 0 unspecified atom stereocenters. The molecule has 7 aromatic rings. The van der Waals surface area contributed by atoms with Gasteiger partial charge in [-0.15, -0.1) is 6.54 Å². The summed E-state index contributed by atoms with van der Waals surface area (Å²) in [6.07, 6.45) is -0.905. The topological polar surface area (TPSA) is 426 Å². The fraction of sp³-hybridized carbons (Fsp3) is 0.457. The zero-order valence-corrected chi connectivity index (χ0v) is 63.9. The van der Waals surface area contributed by atoms with E-state index in [1.807, 2.05) is 156 Å². The number of ether oxygens (including phenoxy) is 13. The van der Waals surface area contributed by atoms with Crippen molar-refractivity contribution in [3.8, 4) is 35.3 Å². The van der Waals surface area contributed by atoms with Gasteiger partial charge in [0.1, 0.15) is 11.2 Å². The van der Waals surface area contributed by atoms with Gasteiger partial charge in [-0.1, -0.05) is 121 Å². The lowest BCUT2D eigenvalue weighted by Gasteiger charge is -2.19. The van der Waals surface area contributed by atoms with Crippen molar-refractivity contribution in [2.45, 2.75) is 93.0 Å². The van der Waals surface area contributed by atoms with Gasteiger partial charge in [-0.3, -0.25) is 32.0 Å². The van der Waals surface area contributed by atoms with E-state index < -0.39 is 44.6 Å². The molecular weight excluding hydrogens is 1430 g/mol. The Labute approximate surface area is 628 Å². The fourth-order valence-corrected chi connectivity index (χ4v) is 7.65. The van der Waals surface area contributed by atoms with Crippen LogP contribution in [0, 0.1) is 20.2 Å². The number of hydrogen-bond donors (Lipinski definition) is 6. The van der Waals surface area contributed by atoms with Crippen molar-refractivity contribution in [2.24, 2.45) is 0 Å². The second kappa shape index (κ2) is 56.4. The Hall–Kier alpha value is -10.0. The van der Waals surface area contributed by atoms with Crippen molar-refractivity contribution >= 4 is 64.5 Å². The number of anilines is 3. The van der Waals surface area contributed by atoms with E-state index in [-0.39, 0.29) is 65.4 Å². The van der Waals surface area contributed by atoms with Crippen LogP contribution in [0.5, 0.6) is 35.3 Å². The number of aliphatic hydroxyl groups is 1. The first-order valence-electron chi connectivity index (χ1n) is 32.8. The van der Waals surface area contributed by atoms with Crippen LogP contribution in [-0.4, -0.2) is 190 Å². The third-order valence-electron chi connectivity index (χ3n) is 11.9. The number of benzene rings is 4. The Morgan fingerprint density at radius 2 is 0.764 bits per heavy atom. The zero-order valence-electron chi connectivity index (χ0n) is 62.4. The smallest absolute Gasteiger partial charge is 0.407 e. The Morgan fingerprint density at radius 1 is 0.472 bits per heavy atom. The molecule has 0 aliphatic rings. The third kappa shape index (κ3) is 43.9. The maximum absolute atomic E-state index is 11.3. The monoisotopic (exact) mass is 1530 g/mol. The summed E-state index contributed by atoms with van der Waals surface area (Å²) < 4.78 is 66.0. The van der Waals surface area contributed by atoms with Crippen LogP contribution < -0.4 is 55.4 Å². The number of carbonyl (C=O) groups excluding carboxylic acids is 2. The largest absolute Gasteiger partial charge is 0.573 e. The number of nitrogens with zero attached hydrogens (tertiary/aromatic N) is 9. The standard InChI is InChI=1S/C15H18N4O5.C15H20N4O3.C14H21NO3.C9H11ClNO.C7H15NO3.C6H6ClN3O4.C4H10O/c1-22-13-12(19(20)21)14(23-2)18-15(17-13)16-8-9-24-10-11-6-4-3-5-7-11;1-20-13-12(16)14(21-2)19-15(18-13)17-8-9-22-10-11-6-4-3-5-7-11;1-14(2,3)18-13(16)15-9-10-17-11-12-7-5-4-6-8-12;10-11-6-7-12-8-9-4-2-1-3-5-9;1-7(2,3)11-6(10)8-4-5-9;1-13-4-3(10(11)12)5(14-2)9-6(7)8-4;1-3-5-4-2/h3-7H,8-10H2,1-2H3,(H,16,17,18);3-7H,8-10,16H2,1-2H3,(H,17,18,19);4-8H,9-11H2,1-3H3,(H,15,16);1-5H,6-8H2;9H,4-5H2,1-3H3,(H,8,10);1-2H3;3-4H2,1-2H3/q;;;-1;;;. The molecule has 0 fully saturated rings. The summed E-state index contributed by atoms with van der Waals surface area (Å²) in [5, 5.41) is 40.8. The fourth-order valence-electron chi connectivity index (χ4n) is 7.43. The summed E-state index contributed by atoms with van der Waals surface area (Å²) in [5.74, 6) is 0.306. The van der Waals surface area contributed by atoms with Crippen molar-refractivity contribution < 1.29 is 86.1 Å². The Bertz CT molecular complexity index is 3430. The van der Waals surface area contributed by atoms with Crippen LogP contribution in [0.2, 0.25) is 5.28 Å². The van der Waals surface area contributed by atoms with E-state index in [1.54, 1.807) is 20.8 Å². The lowest BCUT2D eigenvalue weighted by molar-refractivity contribution is -0.387. The highest BCUT2D eigenvalue weighted by Gasteiger charge is 2.28. The molecule has 4 aromatic carbocycles. The number of carbonyl (C=O) groups is 2. The van der Waals surface area contributed by atoms with E-state index in [9.17, 15) is 29.8 Å². The molecule has 0 saturated carbocycles. The van der Waals surface area contributed by atoms with Gasteiger partial charge in [0.25, 0.3) is 0 Å². The number of amides is 2. The van der Waals surface area contributed by atoms with Gasteiger partial charge in [-0.25, -0.2) is 9.59 Å². The molecule has 0 aliphatic carbocycles. The second-order valence-corrected chi connectivity index (χ2v) is 23.1. The van der Waals surface area contributed by atoms with E-state index in [1.165, 1.54) is 48.2 Å². The summed E-state index contributed by atoms with van der Waals surface area (Å²) in [7, 11) is 8.05. The maximum Gasteiger partial charge on any atom is 0.407 e. The van der Waals surface area contributed by atoms with Gasteiger partial charge in [0.2, 0.25) is 28.9 Å². The van der Waals surface area contributed by atoms with E-state index in [0.29, 0.717) is 85.0 Å². The molecule has 0 aliphatic heterocycles. The normalized spacial score (nSPS) is 10.3. The van der Waals surface area contributed by atoms with Crippen LogP contribution in [-0.2, 0) is 59.6 Å². The molecule has 36 heteroatoms. The lowest BCUT2D eigenvalue weighted by Crippen LogP contribution is -2.34. The van der Waals surface area contributed by atoms with Gasteiger partial charge in [-0.2, -0.15) is 29.9 Å². The van der Waals surface area contributed by atoms with Crippen LogP contribution >= 0.6 is 23.4 Å². The number of rotatable bonds is 34. The molecule has 34 nitrogen and oxygen atoms in total. The Morgan fingerprint density at radius 3 is 1.04 bits per heavy atom. The second-order valence-electron chi connectivity index (χ2n) is 22.5. The van der Waals surface area contributed by atoms with Gasteiger partial charge < -0.3 is 98.5 Å². The van der Waals surface area contributed by atoms with E-state index in [2.05, 4.69) is 65.5 Å². The molecule has 3 heterocycles. The number of nitrogens with one attached hydrogen (secondary N) is 4. The molecule has 0 spiro atoms. The number of nitro groups is 2. The molecule has 0 radical (unpaired) electrons. The molecule has 586 valence electrons. The quantitative estimate of drug-likeness (QED) is 0.00944. The molecule has 2 amide bonds. The number of aromatic nitrogens is 6. The van der Waals surface area contributed by atoms with Gasteiger partial charge in [0.05, 0.1) is 105 Å². The predicted molar refractivity (Wildman–Crippen MR) is 401 cm³/mol. The average Bonchev–Trinajstić information content (AvgIpc) is 0.831. The minimum Gasteiger partial charge on any atom is -0.573 e. The number of aliphatic hydroxyl groups excluding tert-OH is 1. The lowest BCUT2D eigenvalue weighted by atomic mass is 10.2. The summed E-state index contributed by atoms with van der Waals surface area (Å²) >= 11 is 10.6. The molecule has 7 rings (SSSR count). The summed E-state index contributed by atoms with van der Waals surface area (Å²) in [5.41, 5.74) is 8.77. The van der Waals surface area contributed by atoms with E-state index >= 15 is 0 Å². The first kappa shape index (κ1) is 94.0. The summed E-state index contributed by atoms with van der Waals surface area (Å²) in [6.45, 7) is 22.9. The number of hydrogen-bond acceptors (Lipinski definition) is 29. The van der Waals surface area contributed by atoms with Crippen molar-refractivity contribution in [2.75, 3.05) is 138 Å². The predicted octanol–water partition coefficient (Wildman–Crippen LogP) is 11.8. The highest BCUT2D eigenvalue weighted by molar-refractivity contribution is 6.28. The van der Waals surface area contributed by atoms with E-state index in [0.717, 1.165) is 29.9 Å². The molecule has 0 saturated heterocycles. The zero-order chi connectivity index (χ0) is 79.0. The number of nitrogens with two attached hydrogens (primary N) is 1. The van der Waals surface area contributed by atoms with Gasteiger partial charge in [-0.05, 0) is 89.2 Å². The Balaban J connectivity index is 0.000000640. The highest BCUT2D eigenvalue weighted by atomic mass is 35.5. The molecular formula is C70H101Cl2N14O20-. The minimum atomic E-state index is -0.700. The SMILES string of the molecule is CC(C)(C)OC(=O)NCCO.CC(C)(C)OC(=O)NCCOCc1ccccc1.CCOCC.COc1nc(Cl)nc(OC)c1[N+](=O)[O-].COc1nc(NCCOCc2ccccc2)nc(OC)c1N.COc1nc(NCCOCc2ccccc2)nc(OC)c1[N+](=O)[O-].Cl[N-]CCOCc1ccccc1. The van der Waals surface area contributed by atoms with Crippen LogP contribution in [0.15, 0.2) is 121 Å². The van der Waals surface area contributed by atoms with Crippen LogP contribution in [0.1, 0.15) is 77.6 Å². The number of alkyl carbamates (subject to hydrolysis) is 2. The van der Waals surface area contributed by atoms with Crippen molar-refractivity contribution in [1.82, 2.24) is 40.5 Å². The molecule has 3 aromatic heterocycles. The summed E-state index contributed by atoms with van der Waals surface area (Å²) in [4.78, 5) is 69.0. The molecule has 106 heavy (non-hydrogen) atoms. The van der Waals surface area contributed by atoms with E-state index in [4.69, 9.17) is 86.3 Å². The van der Waals surface area contributed by atoms with Gasteiger partial charge >= 0.3 is 47.1 Å². The van der Waals surface area contributed by atoms with Crippen molar-refractivity contribution in [1.29, 1.82) is 0 Å². The van der Waals surface area contributed by atoms with Crippen LogP contribution in [0.25, 0.3) is 4.84 Å². The first-order chi connectivity index (χ1) is 50.8. The van der Waals surface area contributed by atoms with Crippen molar-refractivity contribution in [3.05, 3.63) is 174 Å². The van der Waals surface area contributed by atoms with Crippen LogP contribution in [0.3, 0.4) is 0 Å². The molecule has 7 N–H and O–H groups in total. The number of halogens is 2. The maximum atomic E-state index is 11.3. The third-order valence-corrected chi connectivity index (χ3v) is 12.3. The minimum absolute atomic E-state index is 0.0702. The highest BCUT2D eigenvalue weighted by Crippen LogP contribution is 2.35. The average molecular weight is 1530 g/mol.